The van der Waals surface area contributed by atoms with Gasteiger partial charge in [-0.2, -0.15) is 0 Å². The number of carbonyl (C=O) groups excluding carboxylic acids is 3. The first kappa shape index (κ1) is 23.8. The number of amides is 1. The van der Waals surface area contributed by atoms with Gasteiger partial charge in [0.25, 0.3) is 11.8 Å². The summed E-state index contributed by atoms with van der Waals surface area (Å²) in [5.41, 5.74) is 0.592. The standard InChI is InChI=1S/C20H26BF2NO6/c1-4-24(5-2)17(26)12-29-19(27)16-8-6-7-13-9-14(21(28)30-18(13)16)10-15(25)11-20(3,22)23/h6-8,14,28H,4-5,9-12H2,1-3H3/t14-/m1/s1. The number of alkyl halides is 2. The molecule has 0 aliphatic carbocycles. The molecule has 1 heterocycles. The van der Waals surface area contributed by atoms with Gasteiger partial charge in [0.15, 0.2) is 6.61 Å². The minimum atomic E-state index is -3.12. The Morgan fingerprint density at radius 1 is 1.30 bits per heavy atom. The van der Waals surface area contributed by atoms with Crippen molar-refractivity contribution in [1.82, 2.24) is 4.90 Å². The quantitative estimate of drug-likeness (QED) is 0.483. The first-order valence-corrected chi connectivity index (χ1v) is 9.86. The topological polar surface area (TPSA) is 93.1 Å². The Morgan fingerprint density at radius 3 is 2.57 bits per heavy atom. The first-order chi connectivity index (χ1) is 14.1. The average molecular weight is 425 g/mol. The van der Waals surface area contributed by atoms with Crippen LogP contribution in [-0.2, 0) is 20.7 Å². The van der Waals surface area contributed by atoms with E-state index < -0.39 is 43.6 Å². The van der Waals surface area contributed by atoms with Crippen molar-refractivity contribution in [1.29, 1.82) is 0 Å². The van der Waals surface area contributed by atoms with Crippen molar-refractivity contribution in [2.24, 2.45) is 0 Å². The summed E-state index contributed by atoms with van der Waals surface area (Å²) in [5, 5.41) is 10.2. The maximum atomic E-state index is 13.0. The summed E-state index contributed by atoms with van der Waals surface area (Å²) in [5.74, 6) is -5.50. The number of nitrogens with zero attached hydrogens (tertiary/aromatic N) is 1. The van der Waals surface area contributed by atoms with Crippen molar-refractivity contribution in [2.75, 3.05) is 19.7 Å². The average Bonchev–Trinajstić information content (AvgIpc) is 2.65. The number of esters is 1. The summed E-state index contributed by atoms with van der Waals surface area (Å²) in [4.78, 5) is 37.8. The Bertz CT molecular complexity index is 794. The number of ketones is 1. The largest absolute Gasteiger partial charge is 0.535 e. The van der Waals surface area contributed by atoms with E-state index in [-0.39, 0.29) is 30.1 Å². The molecular formula is C20H26BF2NO6. The van der Waals surface area contributed by atoms with Gasteiger partial charge in [0, 0.05) is 25.3 Å². The third kappa shape index (κ3) is 6.25. The zero-order chi connectivity index (χ0) is 22.5. The summed E-state index contributed by atoms with van der Waals surface area (Å²) < 4.78 is 36.6. The fourth-order valence-corrected chi connectivity index (χ4v) is 3.40. The van der Waals surface area contributed by atoms with Gasteiger partial charge in [0.2, 0.25) is 0 Å². The minimum absolute atomic E-state index is 0.0452. The molecule has 1 aromatic rings. The molecule has 0 spiro atoms. The second-order valence-electron chi connectivity index (χ2n) is 7.40. The molecule has 1 aliphatic rings. The third-order valence-corrected chi connectivity index (χ3v) is 4.88. The zero-order valence-corrected chi connectivity index (χ0v) is 17.3. The second-order valence-corrected chi connectivity index (χ2v) is 7.40. The van der Waals surface area contributed by atoms with Crippen LogP contribution < -0.4 is 4.65 Å². The van der Waals surface area contributed by atoms with Crippen LogP contribution in [0.4, 0.5) is 8.78 Å². The van der Waals surface area contributed by atoms with E-state index in [0.29, 0.717) is 25.6 Å². The van der Waals surface area contributed by atoms with Crippen molar-refractivity contribution < 1.29 is 37.6 Å². The molecule has 0 fully saturated rings. The van der Waals surface area contributed by atoms with Gasteiger partial charge < -0.3 is 19.3 Å². The molecule has 10 heteroatoms. The van der Waals surface area contributed by atoms with Gasteiger partial charge in [-0.25, -0.2) is 13.6 Å². The Morgan fingerprint density at radius 2 is 1.97 bits per heavy atom. The predicted octanol–water partition coefficient (Wildman–Crippen LogP) is 2.50. The van der Waals surface area contributed by atoms with Crippen molar-refractivity contribution in [3.8, 4) is 5.75 Å². The summed E-state index contributed by atoms with van der Waals surface area (Å²) in [6.07, 6.45) is -0.996. The molecule has 0 saturated heterocycles. The van der Waals surface area contributed by atoms with Gasteiger partial charge in [0.1, 0.15) is 17.1 Å². The minimum Gasteiger partial charge on any atom is -0.535 e. The summed E-state index contributed by atoms with van der Waals surface area (Å²) in [7, 11) is -1.43. The second kappa shape index (κ2) is 10.0. The van der Waals surface area contributed by atoms with E-state index in [1.54, 1.807) is 12.1 Å². The van der Waals surface area contributed by atoms with E-state index in [4.69, 9.17) is 9.39 Å². The SMILES string of the molecule is CCN(CC)C(=O)COC(=O)c1cccc2c1OB(O)[C@@H](CC(=O)CC(C)(F)F)C2. The van der Waals surface area contributed by atoms with E-state index in [0.717, 1.165) is 0 Å². The van der Waals surface area contributed by atoms with E-state index >= 15 is 0 Å². The fraction of sp³-hybridized carbons (Fsp3) is 0.550. The molecule has 30 heavy (non-hydrogen) atoms. The van der Waals surface area contributed by atoms with Gasteiger partial charge in [-0.1, -0.05) is 12.1 Å². The molecule has 1 amide bonds. The Hall–Kier alpha value is -2.49. The predicted molar refractivity (Wildman–Crippen MR) is 106 cm³/mol. The smallest absolute Gasteiger partial charge is 0.526 e. The van der Waals surface area contributed by atoms with Crippen LogP contribution in [0.25, 0.3) is 0 Å². The normalized spacial score (nSPS) is 15.8. The summed E-state index contributed by atoms with van der Waals surface area (Å²) >= 11 is 0. The Kier molecular flexibility index (Phi) is 7.94. The molecule has 0 saturated carbocycles. The lowest BCUT2D eigenvalue weighted by molar-refractivity contribution is -0.134. The highest BCUT2D eigenvalue weighted by Crippen LogP contribution is 2.37. The van der Waals surface area contributed by atoms with Crippen LogP contribution in [0.5, 0.6) is 5.75 Å². The first-order valence-electron chi connectivity index (χ1n) is 9.86. The lowest BCUT2D eigenvalue weighted by Crippen LogP contribution is -2.37. The number of fused-ring (bicyclic) bond motifs is 1. The molecule has 1 N–H and O–H groups in total. The monoisotopic (exact) mass is 425 g/mol. The van der Waals surface area contributed by atoms with Crippen LogP contribution in [0.2, 0.25) is 5.82 Å². The molecule has 164 valence electrons. The van der Waals surface area contributed by atoms with Crippen LogP contribution >= 0.6 is 0 Å². The van der Waals surface area contributed by atoms with Crippen LogP contribution in [0, 0.1) is 0 Å². The highest BCUT2D eigenvalue weighted by Gasteiger charge is 2.39. The highest BCUT2D eigenvalue weighted by atomic mass is 19.3. The molecular weight excluding hydrogens is 399 g/mol. The molecule has 0 unspecified atom stereocenters. The lowest BCUT2D eigenvalue weighted by atomic mass is 9.64. The molecule has 0 bridgehead atoms. The third-order valence-electron chi connectivity index (χ3n) is 4.88. The lowest BCUT2D eigenvalue weighted by Gasteiger charge is -2.28. The maximum Gasteiger partial charge on any atom is 0.526 e. The van der Waals surface area contributed by atoms with Crippen LogP contribution in [0.1, 0.15) is 49.5 Å². The number of carbonyl (C=O) groups is 3. The number of para-hydroxylation sites is 1. The highest BCUT2D eigenvalue weighted by molar-refractivity contribution is 6.47. The van der Waals surface area contributed by atoms with Crippen molar-refractivity contribution >= 4 is 24.8 Å². The van der Waals surface area contributed by atoms with Gasteiger partial charge in [-0.3, -0.25) is 9.59 Å². The van der Waals surface area contributed by atoms with Crippen molar-refractivity contribution in [3.05, 3.63) is 29.3 Å². The molecule has 1 atom stereocenters. The number of halogens is 2. The van der Waals surface area contributed by atoms with Gasteiger partial charge in [-0.05, 0) is 38.8 Å². The van der Waals surface area contributed by atoms with E-state index in [1.807, 2.05) is 13.8 Å². The Labute approximate surface area is 174 Å². The number of likely N-dealkylation sites (N-methyl/N-ethyl adjacent to an activating group) is 1. The van der Waals surface area contributed by atoms with E-state index in [1.165, 1.54) is 11.0 Å². The maximum absolute atomic E-state index is 13.0. The molecule has 1 aliphatic heterocycles. The van der Waals surface area contributed by atoms with Crippen LogP contribution in [0.15, 0.2) is 18.2 Å². The molecule has 2 rings (SSSR count). The van der Waals surface area contributed by atoms with Crippen LogP contribution in [0.3, 0.4) is 0 Å². The molecule has 7 nitrogen and oxygen atoms in total. The van der Waals surface area contributed by atoms with Crippen molar-refractivity contribution in [3.63, 3.8) is 0 Å². The molecule has 0 aromatic heterocycles. The fourth-order valence-electron chi connectivity index (χ4n) is 3.40. The van der Waals surface area contributed by atoms with Crippen LogP contribution in [-0.4, -0.2) is 60.3 Å². The van der Waals surface area contributed by atoms with E-state index in [2.05, 4.69) is 0 Å². The number of benzene rings is 1. The number of rotatable bonds is 9. The van der Waals surface area contributed by atoms with Gasteiger partial charge >= 0.3 is 13.1 Å². The molecule has 1 aromatic carbocycles. The van der Waals surface area contributed by atoms with Gasteiger partial charge in [0.05, 0.1) is 6.42 Å². The van der Waals surface area contributed by atoms with Crippen molar-refractivity contribution in [2.45, 2.75) is 51.8 Å². The zero-order valence-electron chi connectivity index (χ0n) is 17.3. The number of ether oxygens (including phenoxy) is 1. The van der Waals surface area contributed by atoms with E-state index in [9.17, 15) is 28.2 Å². The molecule has 0 radical (unpaired) electrons. The summed E-state index contributed by atoms with van der Waals surface area (Å²) in [6, 6.07) is 4.69. The van der Waals surface area contributed by atoms with Gasteiger partial charge in [-0.15, -0.1) is 0 Å². The Balaban J connectivity index is 2.08. The summed E-state index contributed by atoms with van der Waals surface area (Å²) in [6.45, 7) is 4.86. The number of hydrogen-bond donors (Lipinski definition) is 1. The number of Topliss-reactive ketones (excluding diaryl/α,β-unsaturated/α-hetero) is 1. The number of hydrogen-bond acceptors (Lipinski definition) is 6.